The van der Waals surface area contributed by atoms with Gasteiger partial charge < -0.3 is 9.64 Å². The summed E-state index contributed by atoms with van der Waals surface area (Å²) in [6.07, 6.45) is 4.57. The molecule has 1 aliphatic rings. The molecular formula is C14H18N4O2. The first-order chi connectivity index (χ1) is 9.61. The van der Waals surface area contributed by atoms with Crippen molar-refractivity contribution in [1.29, 1.82) is 5.26 Å². The Balaban J connectivity index is 2.03. The molecule has 1 atom stereocenters. The van der Waals surface area contributed by atoms with Crippen LogP contribution in [0.25, 0.3) is 0 Å². The Labute approximate surface area is 118 Å². The highest BCUT2D eigenvalue weighted by molar-refractivity contribution is 5.78. The smallest absolute Gasteiger partial charge is 0.251 e. The summed E-state index contributed by atoms with van der Waals surface area (Å²) >= 11 is 0. The van der Waals surface area contributed by atoms with Gasteiger partial charge in [-0.15, -0.1) is 0 Å². The van der Waals surface area contributed by atoms with Gasteiger partial charge in [-0.2, -0.15) is 5.26 Å². The van der Waals surface area contributed by atoms with Crippen LogP contribution >= 0.6 is 0 Å². The highest BCUT2D eigenvalue weighted by Crippen LogP contribution is 2.19. The van der Waals surface area contributed by atoms with Gasteiger partial charge in [-0.1, -0.05) is 13.8 Å². The molecule has 0 bridgehead atoms. The van der Waals surface area contributed by atoms with E-state index >= 15 is 0 Å². The van der Waals surface area contributed by atoms with Gasteiger partial charge in [-0.25, -0.2) is 9.97 Å². The molecule has 106 valence electrons. The Kier molecular flexibility index (Phi) is 4.51. The van der Waals surface area contributed by atoms with Crippen LogP contribution < -0.4 is 4.74 Å². The van der Waals surface area contributed by atoms with Crippen LogP contribution in [0.3, 0.4) is 0 Å². The molecule has 20 heavy (non-hydrogen) atoms. The van der Waals surface area contributed by atoms with Gasteiger partial charge in [0.2, 0.25) is 11.6 Å². The standard InChI is InChI=1S/C14H18N4O2/c1-10(2)14(19)18-7-3-4-11(9-18)20-13-12(8-15)16-5-6-17-13/h5-6,10-11H,3-4,7,9H2,1-2H3. The quantitative estimate of drug-likeness (QED) is 0.831. The predicted octanol–water partition coefficient (Wildman–Crippen LogP) is 1.37. The first-order valence-electron chi connectivity index (χ1n) is 6.78. The molecule has 0 spiro atoms. The number of likely N-dealkylation sites (tertiary alicyclic amines) is 1. The van der Waals surface area contributed by atoms with Crippen LogP contribution in [0.2, 0.25) is 0 Å². The fourth-order valence-corrected chi connectivity index (χ4v) is 2.25. The van der Waals surface area contributed by atoms with E-state index in [0.29, 0.717) is 6.54 Å². The van der Waals surface area contributed by atoms with E-state index in [1.807, 2.05) is 24.8 Å². The lowest BCUT2D eigenvalue weighted by Gasteiger charge is -2.33. The molecule has 0 N–H and O–H groups in total. The molecule has 6 nitrogen and oxygen atoms in total. The van der Waals surface area contributed by atoms with Gasteiger partial charge in [-0.3, -0.25) is 4.79 Å². The van der Waals surface area contributed by atoms with E-state index in [9.17, 15) is 4.79 Å². The Morgan fingerprint density at radius 2 is 2.25 bits per heavy atom. The maximum Gasteiger partial charge on any atom is 0.251 e. The van der Waals surface area contributed by atoms with E-state index < -0.39 is 0 Å². The molecule has 1 saturated heterocycles. The third-order valence-corrected chi connectivity index (χ3v) is 3.23. The van der Waals surface area contributed by atoms with Crippen LogP contribution in [0.1, 0.15) is 32.4 Å². The average molecular weight is 274 g/mol. The van der Waals surface area contributed by atoms with Crippen molar-refractivity contribution in [2.75, 3.05) is 13.1 Å². The molecule has 1 fully saturated rings. The van der Waals surface area contributed by atoms with E-state index in [2.05, 4.69) is 9.97 Å². The molecule has 1 aliphatic heterocycles. The van der Waals surface area contributed by atoms with Gasteiger partial charge >= 0.3 is 0 Å². The van der Waals surface area contributed by atoms with Gasteiger partial charge in [0, 0.05) is 24.9 Å². The number of aromatic nitrogens is 2. The summed E-state index contributed by atoms with van der Waals surface area (Å²) in [5, 5.41) is 8.96. The second-order valence-corrected chi connectivity index (χ2v) is 5.14. The van der Waals surface area contributed by atoms with Crippen LogP contribution in [-0.4, -0.2) is 40.0 Å². The number of nitriles is 1. The summed E-state index contributed by atoms with van der Waals surface area (Å²) in [4.78, 5) is 21.8. The number of carbonyl (C=O) groups is 1. The van der Waals surface area contributed by atoms with E-state index in [0.717, 1.165) is 19.4 Å². The first kappa shape index (κ1) is 14.3. The summed E-state index contributed by atoms with van der Waals surface area (Å²) in [6.45, 7) is 5.09. The Hall–Kier alpha value is -2.16. The summed E-state index contributed by atoms with van der Waals surface area (Å²) in [6, 6.07) is 1.96. The van der Waals surface area contributed by atoms with Gasteiger partial charge in [0.15, 0.2) is 0 Å². The zero-order valence-electron chi connectivity index (χ0n) is 11.7. The normalized spacial score (nSPS) is 18.7. The van der Waals surface area contributed by atoms with Gasteiger partial charge in [-0.05, 0) is 12.8 Å². The van der Waals surface area contributed by atoms with Crippen molar-refractivity contribution in [2.24, 2.45) is 5.92 Å². The van der Waals surface area contributed by atoms with Crippen molar-refractivity contribution in [3.8, 4) is 11.9 Å². The number of hydrogen-bond acceptors (Lipinski definition) is 5. The Morgan fingerprint density at radius 1 is 1.50 bits per heavy atom. The molecule has 0 aliphatic carbocycles. The van der Waals surface area contributed by atoms with Crippen molar-refractivity contribution in [3.05, 3.63) is 18.1 Å². The molecule has 1 aromatic rings. The van der Waals surface area contributed by atoms with Crippen molar-refractivity contribution in [1.82, 2.24) is 14.9 Å². The van der Waals surface area contributed by atoms with Crippen LogP contribution in [0.5, 0.6) is 5.88 Å². The van der Waals surface area contributed by atoms with Gasteiger partial charge in [0.1, 0.15) is 12.2 Å². The Bertz CT molecular complexity index is 524. The predicted molar refractivity (Wildman–Crippen MR) is 71.8 cm³/mol. The minimum Gasteiger partial charge on any atom is -0.470 e. The zero-order chi connectivity index (χ0) is 14.5. The van der Waals surface area contributed by atoms with Crippen molar-refractivity contribution in [2.45, 2.75) is 32.8 Å². The molecular weight excluding hydrogens is 256 g/mol. The van der Waals surface area contributed by atoms with Crippen LogP contribution in [-0.2, 0) is 4.79 Å². The van der Waals surface area contributed by atoms with Gasteiger partial charge in [0.05, 0.1) is 6.54 Å². The third kappa shape index (κ3) is 3.23. The third-order valence-electron chi connectivity index (χ3n) is 3.23. The lowest BCUT2D eigenvalue weighted by atomic mass is 10.1. The number of rotatable bonds is 3. The SMILES string of the molecule is CC(C)C(=O)N1CCCC(Oc2nccnc2C#N)C1. The molecule has 0 aromatic carbocycles. The lowest BCUT2D eigenvalue weighted by Crippen LogP contribution is -2.46. The molecule has 1 aromatic heterocycles. The zero-order valence-corrected chi connectivity index (χ0v) is 11.7. The molecule has 0 saturated carbocycles. The van der Waals surface area contributed by atoms with Crippen molar-refractivity contribution < 1.29 is 9.53 Å². The molecule has 2 heterocycles. The minimum atomic E-state index is -0.129. The fraction of sp³-hybridized carbons (Fsp3) is 0.571. The number of ether oxygens (including phenoxy) is 1. The number of amides is 1. The second kappa shape index (κ2) is 6.33. The number of piperidine rings is 1. The second-order valence-electron chi connectivity index (χ2n) is 5.14. The fourth-order valence-electron chi connectivity index (χ4n) is 2.25. The highest BCUT2D eigenvalue weighted by atomic mass is 16.5. The van der Waals surface area contributed by atoms with Crippen molar-refractivity contribution >= 4 is 5.91 Å². The topological polar surface area (TPSA) is 79.1 Å². The van der Waals surface area contributed by atoms with Crippen molar-refractivity contribution in [3.63, 3.8) is 0 Å². The van der Waals surface area contributed by atoms with E-state index in [1.165, 1.54) is 12.4 Å². The number of hydrogen-bond donors (Lipinski definition) is 0. The Morgan fingerprint density at radius 3 is 2.95 bits per heavy atom. The largest absolute Gasteiger partial charge is 0.470 e. The van der Waals surface area contributed by atoms with E-state index in [1.54, 1.807) is 0 Å². The van der Waals surface area contributed by atoms with E-state index in [4.69, 9.17) is 10.00 Å². The van der Waals surface area contributed by atoms with E-state index in [-0.39, 0.29) is 29.5 Å². The minimum absolute atomic E-state index is 0.0139. The number of carbonyl (C=O) groups excluding carboxylic acids is 1. The molecule has 1 amide bonds. The molecule has 1 unspecified atom stereocenters. The van der Waals surface area contributed by atoms with Crippen LogP contribution in [0.15, 0.2) is 12.4 Å². The molecule has 2 rings (SSSR count). The first-order valence-corrected chi connectivity index (χ1v) is 6.78. The average Bonchev–Trinajstić information content (AvgIpc) is 2.47. The summed E-state index contributed by atoms with van der Waals surface area (Å²) in [7, 11) is 0. The summed E-state index contributed by atoms with van der Waals surface area (Å²) in [5.74, 6) is 0.372. The molecule has 6 heteroatoms. The van der Waals surface area contributed by atoms with Gasteiger partial charge in [0.25, 0.3) is 5.88 Å². The lowest BCUT2D eigenvalue weighted by molar-refractivity contribution is -0.137. The van der Waals surface area contributed by atoms with Crippen LogP contribution in [0.4, 0.5) is 0 Å². The number of nitrogens with zero attached hydrogens (tertiary/aromatic N) is 4. The monoisotopic (exact) mass is 274 g/mol. The maximum absolute atomic E-state index is 12.0. The summed E-state index contributed by atoms with van der Waals surface area (Å²) in [5.41, 5.74) is 0.180. The highest BCUT2D eigenvalue weighted by Gasteiger charge is 2.27. The maximum atomic E-state index is 12.0. The summed E-state index contributed by atoms with van der Waals surface area (Å²) < 4.78 is 5.75. The van der Waals surface area contributed by atoms with Crippen LogP contribution in [0, 0.1) is 17.2 Å². The molecule has 0 radical (unpaired) electrons.